The minimum absolute atomic E-state index is 0.000989. The van der Waals surface area contributed by atoms with Crippen LogP contribution in [0.5, 0.6) is 11.5 Å². The third-order valence-electron chi connectivity index (χ3n) is 11.4. The first-order chi connectivity index (χ1) is 27.6. The van der Waals surface area contributed by atoms with Crippen LogP contribution in [-0.4, -0.2) is 72.0 Å². The Morgan fingerprint density at radius 1 is 0.911 bits per heavy atom. The Kier molecular flexibility index (Phi) is 14.9. The summed E-state index contributed by atoms with van der Waals surface area (Å²) in [6.45, 7) is 5.97. The van der Waals surface area contributed by atoms with Crippen LogP contribution in [-0.2, 0) is 14.3 Å². The summed E-state index contributed by atoms with van der Waals surface area (Å²) < 4.78 is 26.9. The zero-order valence-corrected chi connectivity index (χ0v) is 34.0. The molecule has 2 fully saturated rings. The van der Waals surface area contributed by atoms with Crippen LogP contribution in [0.3, 0.4) is 0 Å². The van der Waals surface area contributed by atoms with Crippen LogP contribution in [0.25, 0.3) is 0 Å². The SMILES string of the molecule is C=CCOC12Oc3ccc(OCCSc4ccccc4)cc3C3C(CCCCO)C(CCCCO)C=C(C(=NOC4CCCCO4)CC1Sc1ccccc1)C32. The summed E-state index contributed by atoms with van der Waals surface area (Å²) in [5, 5.41) is 24.6. The van der Waals surface area contributed by atoms with Crippen molar-refractivity contribution in [1.29, 1.82) is 0 Å². The van der Waals surface area contributed by atoms with Gasteiger partial charge in [-0.15, -0.1) is 30.1 Å². The van der Waals surface area contributed by atoms with Crippen LogP contribution in [0.2, 0.25) is 0 Å². The highest BCUT2D eigenvalue weighted by Crippen LogP contribution is 2.63. The minimum Gasteiger partial charge on any atom is -0.493 e. The number of nitrogens with zero attached hydrogens (tertiary/aromatic N) is 1. The van der Waals surface area contributed by atoms with Gasteiger partial charge >= 0.3 is 0 Å². The number of ether oxygens (including phenoxy) is 4. The molecule has 2 aliphatic carbocycles. The first-order valence-electron chi connectivity index (χ1n) is 20.5. The largest absolute Gasteiger partial charge is 0.493 e. The highest BCUT2D eigenvalue weighted by atomic mass is 32.2. The fourth-order valence-electron chi connectivity index (χ4n) is 8.93. The molecule has 56 heavy (non-hydrogen) atoms. The molecule has 10 heteroatoms. The van der Waals surface area contributed by atoms with Gasteiger partial charge in [0.25, 0.3) is 0 Å². The van der Waals surface area contributed by atoms with Gasteiger partial charge in [0.05, 0.1) is 36.7 Å². The average Bonchev–Trinajstić information content (AvgIpc) is 3.24. The summed E-state index contributed by atoms with van der Waals surface area (Å²) >= 11 is 3.55. The Morgan fingerprint density at radius 2 is 1.68 bits per heavy atom. The second-order valence-corrected chi connectivity index (χ2v) is 17.5. The van der Waals surface area contributed by atoms with E-state index in [1.54, 1.807) is 23.5 Å². The number of hydrogen-bond donors (Lipinski definition) is 2. The normalized spacial score (nSPS) is 27.4. The third kappa shape index (κ3) is 9.71. The lowest BCUT2D eigenvalue weighted by Gasteiger charge is -2.58. The molecule has 3 aromatic rings. The second-order valence-electron chi connectivity index (χ2n) is 15.1. The standard InChI is InChI=1S/C46H57NO7S2/c1-2-26-52-46-42(56-36-18-7-4-8-19-36)32-40(47-54-43-21-11-14-27-51-43)38-30-33(15-9-12-24-48)37(20-10-13-25-49)44(45(38)46)39-31-34(22-23-41(39)53-46)50-28-29-55-35-16-5-3-6-17-35/h2-8,16-19,22-23,30-31,33,37,42-45,48-49H,1,9-15,20-21,24-29,32H2. The Bertz CT molecular complexity index is 1750. The van der Waals surface area contributed by atoms with E-state index < -0.39 is 5.79 Å². The predicted molar refractivity (Wildman–Crippen MR) is 225 cm³/mol. The molecule has 7 rings (SSSR count). The number of allylic oxidation sites excluding steroid dienone is 1. The maximum absolute atomic E-state index is 9.93. The van der Waals surface area contributed by atoms with Crippen LogP contribution >= 0.6 is 23.5 Å². The molecule has 0 spiro atoms. The summed E-state index contributed by atoms with van der Waals surface area (Å²) in [5.41, 5.74) is 3.15. The molecule has 2 N–H and O–H groups in total. The highest BCUT2D eigenvalue weighted by Gasteiger charge is 2.64. The molecular weight excluding hydrogens is 743 g/mol. The van der Waals surface area contributed by atoms with Crippen molar-refractivity contribution in [3.05, 3.63) is 109 Å². The molecule has 0 aromatic heterocycles. The van der Waals surface area contributed by atoms with E-state index in [9.17, 15) is 10.2 Å². The molecule has 2 heterocycles. The van der Waals surface area contributed by atoms with Gasteiger partial charge in [0.15, 0.2) is 0 Å². The Labute approximate surface area is 341 Å². The Hall–Kier alpha value is -3.25. The number of thioether (sulfide) groups is 2. The average molecular weight is 800 g/mol. The van der Waals surface area contributed by atoms with Crippen molar-refractivity contribution in [2.24, 2.45) is 22.9 Å². The number of aliphatic hydroxyl groups is 2. The van der Waals surface area contributed by atoms with Gasteiger partial charge in [-0.05, 0) is 98.4 Å². The van der Waals surface area contributed by atoms with Crippen molar-refractivity contribution in [3.63, 3.8) is 0 Å². The number of benzene rings is 3. The van der Waals surface area contributed by atoms with Crippen molar-refractivity contribution in [2.45, 2.75) is 97.2 Å². The molecule has 0 bridgehead atoms. The topological polar surface area (TPSA) is 99.0 Å². The van der Waals surface area contributed by atoms with Crippen LogP contribution in [0.1, 0.15) is 75.7 Å². The van der Waals surface area contributed by atoms with Crippen molar-refractivity contribution >= 4 is 29.2 Å². The predicted octanol–water partition coefficient (Wildman–Crippen LogP) is 9.81. The summed E-state index contributed by atoms with van der Waals surface area (Å²) in [6, 6.07) is 27.2. The smallest absolute Gasteiger partial charge is 0.231 e. The molecule has 0 amide bonds. The monoisotopic (exact) mass is 799 g/mol. The van der Waals surface area contributed by atoms with Crippen LogP contribution in [0, 0.1) is 17.8 Å². The van der Waals surface area contributed by atoms with E-state index in [0.29, 0.717) is 26.2 Å². The number of aliphatic hydroxyl groups excluding tert-OH is 2. The molecule has 300 valence electrons. The minimum atomic E-state index is -1.04. The number of unbranched alkanes of at least 4 members (excludes halogenated alkanes) is 2. The van der Waals surface area contributed by atoms with Gasteiger partial charge in [-0.25, -0.2) is 0 Å². The lowest BCUT2D eigenvalue weighted by Crippen LogP contribution is -2.64. The van der Waals surface area contributed by atoms with Crippen molar-refractivity contribution in [3.8, 4) is 11.5 Å². The molecular formula is C46H57NO7S2. The van der Waals surface area contributed by atoms with Gasteiger partial charge in [0.1, 0.15) is 11.5 Å². The number of rotatable bonds is 20. The molecule has 4 aliphatic rings. The van der Waals surface area contributed by atoms with E-state index in [0.717, 1.165) is 96.8 Å². The molecule has 7 atom stereocenters. The maximum Gasteiger partial charge on any atom is 0.231 e. The first kappa shape index (κ1) is 40.9. The van der Waals surface area contributed by atoms with E-state index in [1.807, 2.05) is 24.3 Å². The van der Waals surface area contributed by atoms with Gasteiger partial charge in [-0.3, -0.25) is 0 Å². The van der Waals surface area contributed by atoms with Crippen LogP contribution in [0.4, 0.5) is 0 Å². The summed E-state index contributed by atoms with van der Waals surface area (Å²) in [6.07, 6.45) is 12.5. The van der Waals surface area contributed by atoms with E-state index >= 15 is 0 Å². The molecule has 7 unspecified atom stereocenters. The molecule has 0 radical (unpaired) electrons. The van der Waals surface area contributed by atoms with Crippen molar-refractivity contribution in [1.82, 2.24) is 0 Å². The second kappa shape index (κ2) is 20.4. The van der Waals surface area contributed by atoms with E-state index in [2.05, 4.69) is 73.3 Å². The zero-order chi connectivity index (χ0) is 38.6. The number of hydrogen-bond acceptors (Lipinski definition) is 10. The van der Waals surface area contributed by atoms with E-state index in [-0.39, 0.29) is 48.4 Å². The van der Waals surface area contributed by atoms with Gasteiger partial charge in [-0.1, -0.05) is 66.5 Å². The summed E-state index contributed by atoms with van der Waals surface area (Å²) in [5.74, 6) is 1.63. The van der Waals surface area contributed by atoms with Gasteiger partial charge < -0.3 is 34.0 Å². The summed E-state index contributed by atoms with van der Waals surface area (Å²) in [4.78, 5) is 8.61. The van der Waals surface area contributed by atoms with E-state index in [4.69, 9.17) is 28.9 Å². The first-order valence-corrected chi connectivity index (χ1v) is 22.4. The van der Waals surface area contributed by atoms with Crippen LogP contribution in [0.15, 0.2) is 118 Å². The fourth-order valence-corrected chi connectivity index (χ4v) is 11.0. The number of fused-ring (bicyclic) bond motifs is 2. The highest BCUT2D eigenvalue weighted by molar-refractivity contribution is 8.00. The van der Waals surface area contributed by atoms with Gasteiger partial charge in [0.2, 0.25) is 12.1 Å². The molecule has 1 saturated heterocycles. The Balaban J connectivity index is 1.33. The van der Waals surface area contributed by atoms with Crippen LogP contribution < -0.4 is 9.47 Å². The number of oxime groups is 1. The molecule has 2 aliphatic heterocycles. The summed E-state index contributed by atoms with van der Waals surface area (Å²) in [7, 11) is 0. The maximum atomic E-state index is 9.93. The van der Waals surface area contributed by atoms with Crippen molar-refractivity contribution < 1.29 is 34.0 Å². The van der Waals surface area contributed by atoms with E-state index in [1.165, 1.54) is 4.90 Å². The van der Waals surface area contributed by atoms with Gasteiger partial charge in [-0.2, -0.15) is 0 Å². The molecule has 1 saturated carbocycles. The zero-order valence-electron chi connectivity index (χ0n) is 32.3. The van der Waals surface area contributed by atoms with Gasteiger partial charge in [0, 0.05) is 53.1 Å². The lowest BCUT2D eigenvalue weighted by atomic mass is 9.56. The fraction of sp³-hybridized carbons (Fsp3) is 0.500. The lowest BCUT2D eigenvalue weighted by molar-refractivity contribution is -0.223. The third-order valence-corrected chi connectivity index (χ3v) is 13.7. The quantitative estimate of drug-likeness (QED) is 0.0501. The van der Waals surface area contributed by atoms with Crippen molar-refractivity contribution in [2.75, 3.05) is 38.8 Å². The molecule has 8 nitrogen and oxygen atoms in total. The Morgan fingerprint density at radius 3 is 2.41 bits per heavy atom. The molecule has 3 aromatic carbocycles.